The molecule has 208 valence electrons. The monoisotopic (exact) mass is 520 g/mol. The smallest absolute Gasteiger partial charge is 0.331 e. The Balaban J connectivity index is 1.16. The van der Waals surface area contributed by atoms with Crippen LogP contribution in [0.1, 0.15) is 78.6 Å². The van der Waals surface area contributed by atoms with Gasteiger partial charge in [-0.3, -0.25) is 0 Å². The van der Waals surface area contributed by atoms with Crippen molar-refractivity contribution in [2.75, 3.05) is 6.61 Å². The molecule has 0 radical (unpaired) electrons. The molecule has 0 spiro atoms. The highest BCUT2D eigenvalue weighted by atomic mass is 16.7. The number of ether oxygens (including phenoxy) is 3. The lowest BCUT2D eigenvalue weighted by Gasteiger charge is -2.64. The van der Waals surface area contributed by atoms with E-state index in [1.807, 2.05) is 0 Å². The maximum atomic E-state index is 12.4. The molecular formula is C29H44O8. The van der Waals surface area contributed by atoms with Crippen LogP contribution >= 0.6 is 0 Å². The topological polar surface area (TPSA) is 126 Å². The Kier molecular flexibility index (Phi) is 6.37. The van der Waals surface area contributed by atoms with Crippen LogP contribution in [0.4, 0.5) is 0 Å². The summed E-state index contributed by atoms with van der Waals surface area (Å²) in [5.41, 5.74) is 0.243. The van der Waals surface area contributed by atoms with Crippen LogP contribution in [0, 0.1) is 34.5 Å². The number of aliphatic hydroxyl groups excluding tert-OH is 3. The SMILES string of the molecule is C[C@@H]1O[C@@H](O[C@H]2CC[C@@]3(C)[C@@H](CC[C@@H]4[C@H]3CC[C@]3(C)[C@@H](C5=CC(=O)OC5)CC[C@]43O)C2)[C@H](O)[C@H](O)[C@H]1O. The zero-order chi connectivity index (χ0) is 26.3. The van der Waals surface area contributed by atoms with E-state index in [0.29, 0.717) is 18.4 Å². The lowest BCUT2D eigenvalue weighted by atomic mass is 9.43. The lowest BCUT2D eigenvalue weighted by Crippen LogP contribution is -2.62. The van der Waals surface area contributed by atoms with Crippen LogP contribution in [-0.4, -0.2) is 75.4 Å². The van der Waals surface area contributed by atoms with Gasteiger partial charge in [0, 0.05) is 11.5 Å². The van der Waals surface area contributed by atoms with Gasteiger partial charge >= 0.3 is 5.97 Å². The molecular weight excluding hydrogens is 476 g/mol. The van der Waals surface area contributed by atoms with Gasteiger partial charge in [-0.1, -0.05) is 13.8 Å². The van der Waals surface area contributed by atoms with E-state index in [1.54, 1.807) is 13.0 Å². The molecule has 0 aromatic rings. The molecule has 4 N–H and O–H groups in total. The van der Waals surface area contributed by atoms with Gasteiger partial charge in [0.2, 0.25) is 0 Å². The van der Waals surface area contributed by atoms with E-state index in [4.69, 9.17) is 14.2 Å². The average Bonchev–Trinajstić information content (AvgIpc) is 3.41. The number of aliphatic hydroxyl groups is 4. The summed E-state index contributed by atoms with van der Waals surface area (Å²) in [6.45, 7) is 6.73. The fraction of sp³-hybridized carbons (Fsp3) is 0.897. The van der Waals surface area contributed by atoms with Crippen LogP contribution in [-0.2, 0) is 19.0 Å². The molecule has 5 fully saturated rings. The number of hydrogen-bond acceptors (Lipinski definition) is 8. The summed E-state index contributed by atoms with van der Waals surface area (Å²) < 4.78 is 17.2. The summed E-state index contributed by atoms with van der Waals surface area (Å²) >= 11 is 0. The number of fused-ring (bicyclic) bond motifs is 5. The van der Waals surface area contributed by atoms with E-state index >= 15 is 0 Å². The van der Waals surface area contributed by atoms with E-state index in [2.05, 4.69) is 13.8 Å². The molecule has 6 rings (SSSR count). The van der Waals surface area contributed by atoms with E-state index in [1.165, 1.54) is 0 Å². The quantitative estimate of drug-likeness (QED) is 0.330. The van der Waals surface area contributed by atoms with Crippen molar-refractivity contribution in [2.24, 2.45) is 34.5 Å². The molecule has 4 saturated carbocycles. The predicted octanol–water partition coefficient (Wildman–Crippen LogP) is 2.46. The summed E-state index contributed by atoms with van der Waals surface area (Å²) in [6, 6.07) is 0. The Hall–Kier alpha value is -1.03. The lowest BCUT2D eigenvalue weighted by molar-refractivity contribution is -0.310. The second-order valence-corrected chi connectivity index (χ2v) is 13.5. The zero-order valence-electron chi connectivity index (χ0n) is 22.3. The fourth-order valence-corrected chi connectivity index (χ4v) is 9.81. The third-order valence-electron chi connectivity index (χ3n) is 12.1. The van der Waals surface area contributed by atoms with Gasteiger partial charge in [0.1, 0.15) is 24.9 Å². The van der Waals surface area contributed by atoms with Crippen LogP contribution in [0.25, 0.3) is 0 Å². The maximum Gasteiger partial charge on any atom is 0.331 e. The van der Waals surface area contributed by atoms with E-state index in [-0.39, 0.29) is 34.7 Å². The number of cyclic esters (lactones) is 1. The third-order valence-corrected chi connectivity index (χ3v) is 12.1. The summed E-state index contributed by atoms with van der Waals surface area (Å²) in [6.07, 6.45) is 4.88. The molecule has 4 aliphatic carbocycles. The van der Waals surface area contributed by atoms with Crippen LogP contribution in [0.2, 0.25) is 0 Å². The highest BCUT2D eigenvalue weighted by Crippen LogP contribution is 2.70. The second-order valence-electron chi connectivity index (χ2n) is 13.5. The molecule has 0 bridgehead atoms. The molecule has 8 heteroatoms. The minimum absolute atomic E-state index is 0.0661. The molecule has 0 unspecified atom stereocenters. The van der Waals surface area contributed by atoms with Gasteiger partial charge in [-0.2, -0.15) is 0 Å². The summed E-state index contributed by atoms with van der Waals surface area (Å²) in [5, 5.41) is 43.0. The molecule has 0 aromatic carbocycles. The van der Waals surface area contributed by atoms with Crippen LogP contribution in [0.15, 0.2) is 11.6 Å². The predicted molar refractivity (Wildman–Crippen MR) is 133 cm³/mol. The number of rotatable bonds is 3. The molecule has 8 nitrogen and oxygen atoms in total. The van der Waals surface area contributed by atoms with Crippen molar-refractivity contribution in [3.63, 3.8) is 0 Å². The first-order valence-electron chi connectivity index (χ1n) is 14.4. The molecule has 37 heavy (non-hydrogen) atoms. The first-order chi connectivity index (χ1) is 17.5. The molecule has 1 saturated heterocycles. The molecule has 6 aliphatic rings. The van der Waals surface area contributed by atoms with E-state index < -0.39 is 36.3 Å². The third kappa shape index (κ3) is 3.80. The van der Waals surface area contributed by atoms with E-state index in [9.17, 15) is 25.2 Å². The Morgan fingerprint density at radius 3 is 2.46 bits per heavy atom. The van der Waals surface area contributed by atoms with Crippen molar-refractivity contribution in [1.29, 1.82) is 0 Å². The molecule has 0 aromatic heterocycles. The van der Waals surface area contributed by atoms with Gasteiger partial charge in [-0.25, -0.2) is 4.79 Å². The van der Waals surface area contributed by atoms with Gasteiger partial charge in [0.15, 0.2) is 6.29 Å². The van der Waals surface area contributed by atoms with Crippen molar-refractivity contribution in [1.82, 2.24) is 0 Å². The number of hydrogen-bond donors (Lipinski definition) is 4. The number of carbonyl (C=O) groups is 1. The highest BCUT2D eigenvalue weighted by molar-refractivity contribution is 5.85. The zero-order valence-corrected chi connectivity index (χ0v) is 22.3. The van der Waals surface area contributed by atoms with Gasteiger partial charge < -0.3 is 34.6 Å². The Bertz CT molecular complexity index is 952. The molecule has 2 aliphatic heterocycles. The summed E-state index contributed by atoms with van der Waals surface area (Å²) in [5.74, 6) is 1.14. The van der Waals surface area contributed by atoms with Gasteiger partial charge in [-0.05, 0) is 99.4 Å². The maximum absolute atomic E-state index is 12.4. The number of carbonyl (C=O) groups excluding carboxylic acids is 1. The van der Waals surface area contributed by atoms with Crippen molar-refractivity contribution < 1.29 is 39.4 Å². The second kappa shape index (κ2) is 9.00. The van der Waals surface area contributed by atoms with Crippen molar-refractivity contribution in [2.45, 2.75) is 121 Å². The molecule has 13 atom stereocenters. The summed E-state index contributed by atoms with van der Waals surface area (Å²) in [4.78, 5) is 11.8. The normalized spacial score (nSPS) is 55.6. The Labute approximate surface area is 219 Å². The fourth-order valence-electron chi connectivity index (χ4n) is 9.81. The van der Waals surface area contributed by atoms with Gasteiger partial charge in [0.25, 0.3) is 0 Å². The highest BCUT2D eigenvalue weighted by Gasteiger charge is 2.67. The number of esters is 1. The standard InChI is InChI=1S/C29H44O8/c1-15-23(31)24(32)25(33)26(36-15)37-18-6-9-27(2)17(13-18)4-5-21-20(27)7-10-28(3)19(8-11-29(21,28)34)16-12-22(30)35-14-16/h12,15,17-21,23-26,31-34H,4-11,13-14H2,1-3H3/t15-,17-,18-,19+,20+,21+,23-,24+,25+,26-,27-,28+,29-/m0/s1. The minimum Gasteiger partial charge on any atom is -0.458 e. The Morgan fingerprint density at radius 1 is 0.946 bits per heavy atom. The van der Waals surface area contributed by atoms with Crippen molar-refractivity contribution >= 4 is 5.97 Å². The molecule has 2 heterocycles. The van der Waals surface area contributed by atoms with Crippen molar-refractivity contribution in [3.8, 4) is 0 Å². The van der Waals surface area contributed by atoms with E-state index in [0.717, 1.165) is 63.4 Å². The van der Waals surface area contributed by atoms with Crippen LogP contribution < -0.4 is 0 Å². The average molecular weight is 521 g/mol. The summed E-state index contributed by atoms with van der Waals surface area (Å²) in [7, 11) is 0. The van der Waals surface area contributed by atoms with Gasteiger partial charge in [0.05, 0.1) is 17.8 Å². The Morgan fingerprint density at radius 2 is 1.73 bits per heavy atom. The van der Waals surface area contributed by atoms with Crippen LogP contribution in [0.3, 0.4) is 0 Å². The van der Waals surface area contributed by atoms with Crippen LogP contribution in [0.5, 0.6) is 0 Å². The van der Waals surface area contributed by atoms with Crippen molar-refractivity contribution in [3.05, 3.63) is 11.6 Å². The first kappa shape index (κ1) is 26.2. The molecule has 0 amide bonds. The van der Waals surface area contributed by atoms with Gasteiger partial charge in [-0.15, -0.1) is 0 Å². The first-order valence-corrected chi connectivity index (χ1v) is 14.4. The minimum atomic E-state index is -1.28. The largest absolute Gasteiger partial charge is 0.458 e.